The number of hydrogen-bond acceptors (Lipinski definition) is 5. The SMILES string of the molecule is C=CCNc1nc(N)nc2c1ncn2[C@@H]1C=C[C@H](C)C1. The summed E-state index contributed by atoms with van der Waals surface area (Å²) in [6.45, 7) is 6.50. The molecule has 0 fully saturated rings. The molecule has 6 heteroatoms. The molecule has 0 saturated heterocycles. The Morgan fingerprint density at radius 1 is 1.50 bits per heavy atom. The molecule has 0 radical (unpaired) electrons. The molecule has 2 heterocycles. The highest BCUT2D eigenvalue weighted by atomic mass is 15.2. The van der Waals surface area contributed by atoms with Gasteiger partial charge in [-0.15, -0.1) is 6.58 Å². The summed E-state index contributed by atoms with van der Waals surface area (Å²) in [6.07, 6.45) is 9.05. The van der Waals surface area contributed by atoms with Crippen LogP contribution in [0.25, 0.3) is 11.2 Å². The number of nitrogens with two attached hydrogens (primary N) is 1. The Morgan fingerprint density at radius 2 is 2.35 bits per heavy atom. The van der Waals surface area contributed by atoms with Gasteiger partial charge in [-0.2, -0.15) is 9.97 Å². The minimum atomic E-state index is 0.251. The largest absolute Gasteiger partial charge is 0.368 e. The summed E-state index contributed by atoms with van der Waals surface area (Å²) in [5, 5.41) is 3.15. The Morgan fingerprint density at radius 3 is 3.05 bits per heavy atom. The van der Waals surface area contributed by atoms with E-state index < -0.39 is 0 Å². The fourth-order valence-corrected chi connectivity index (χ4v) is 2.53. The molecule has 104 valence electrons. The van der Waals surface area contributed by atoms with Crippen molar-refractivity contribution in [1.29, 1.82) is 0 Å². The molecule has 1 aliphatic carbocycles. The van der Waals surface area contributed by atoms with E-state index >= 15 is 0 Å². The molecular weight excluding hydrogens is 252 g/mol. The second-order valence-corrected chi connectivity index (χ2v) is 5.09. The van der Waals surface area contributed by atoms with Crippen LogP contribution < -0.4 is 11.1 Å². The molecule has 3 rings (SSSR count). The molecule has 6 nitrogen and oxygen atoms in total. The van der Waals surface area contributed by atoms with E-state index in [9.17, 15) is 0 Å². The molecule has 0 unspecified atom stereocenters. The molecule has 2 aromatic rings. The Kier molecular flexibility index (Phi) is 3.14. The average Bonchev–Trinajstić information content (AvgIpc) is 3.01. The van der Waals surface area contributed by atoms with Crippen LogP contribution in [0, 0.1) is 5.92 Å². The molecule has 0 aliphatic heterocycles. The van der Waals surface area contributed by atoms with Crippen molar-refractivity contribution >= 4 is 22.9 Å². The summed E-state index contributed by atoms with van der Waals surface area (Å²) >= 11 is 0. The van der Waals surface area contributed by atoms with Crippen LogP contribution in [0.15, 0.2) is 31.1 Å². The fourth-order valence-electron chi connectivity index (χ4n) is 2.53. The van der Waals surface area contributed by atoms with Crippen molar-refractivity contribution in [2.75, 3.05) is 17.6 Å². The number of nitrogen functional groups attached to an aromatic ring is 1. The van der Waals surface area contributed by atoms with Crippen molar-refractivity contribution in [3.63, 3.8) is 0 Å². The molecule has 0 aromatic carbocycles. The van der Waals surface area contributed by atoms with E-state index in [1.54, 1.807) is 6.08 Å². The lowest BCUT2D eigenvalue weighted by Crippen LogP contribution is -2.08. The van der Waals surface area contributed by atoms with Crippen LogP contribution in [0.1, 0.15) is 19.4 Å². The number of anilines is 2. The second kappa shape index (κ2) is 4.96. The molecule has 1 aliphatic rings. The van der Waals surface area contributed by atoms with Crippen LogP contribution in [0.3, 0.4) is 0 Å². The topological polar surface area (TPSA) is 81.7 Å². The number of nitrogens with one attached hydrogen (secondary N) is 1. The first kappa shape index (κ1) is 12.7. The van der Waals surface area contributed by atoms with Gasteiger partial charge in [0, 0.05) is 6.54 Å². The minimum Gasteiger partial charge on any atom is -0.368 e. The van der Waals surface area contributed by atoms with E-state index in [0.29, 0.717) is 18.3 Å². The maximum absolute atomic E-state index is 5.80. The van der Waals surface area contributed by atoms with Crippen LogP contribution in [-0.2, 0) is 0 Å². The van der Waals surface area contributed by atoms with Gasteiger partial charge >= 0.3 is 0 Å². The summed E-state index contributed by atoms with van der Waals surface area (Å²) in [5.74, 6) is 1.48. The number of allylic oxidation sites excluding steroid dienone is 2. The van der Waals surface area contributed by atoms with Crippen molar-refractivity contribution in [1.82, 2.24) is 19.5 Å². The normalized spacial score (nSPS) is 21.4. The van der Waals surface area contributed by atoms with Gasteiger partial charge in [-0.1, -0.05) is 25.2 Å². The molecule has 0 spiro atoms. The summed E-state index contributed by atoms with van der Waals surface area (Å²) in [5.41, 5.74) is 7.32. The summed E-state index contributed by atoms with van der Waals surface area (Å²) in [7, 11) is 0. The number of fused-ring (bicyclic) bond motifs is 1. The second-order valence-electron chi connectivity index (χ2n) is 5.09. The quantitative estimate of drug-likeness (QED) is 0.832. The third-order valence-corrected chi connectivity index (χ3v) is 3.48. The molecule has 0 bridgehead atoms. The van der Waals surface area contributed by atoms with Gasteiger partial charge in [-0.3, -0.25) is 0 Å². The number of rotatable bonds is 4. The van der Waals surface area contributed by atoms with Gasteiger partial charge in [0.2, 0.25) is 5.95 Å². The lowest BCUT2D eigenvalue weighted by Gasteiger charge is -2.12. The highest BCUT2D eigenvalue weighted by Gasteiger charge is 2.21. The maximum Gasteiger partial charge on any atom is 0.224 e. The molecular formula is C14H18N6. The zero-order valence-electron chi connectivity index (χ0n) is 11.5. The fraction of sp³-hybridized carbons (Fsp3) is 0.357. The van der Waals surface area contributed by atoms with Gasteiger partial charge < -0.3 is 15.6 Å². The van der Waals surface area contributed by atoms with Crippen molar-refractivity contribution in [2.24, 2.45) is 5.92 Å². The van der Waals surface area contributed by atoms with Gasteiger partial charge in [0.05, 0.1) is 12.4 Å². The van der Waals surface area contributed by atoms with Gasteiger partial charge in [0.25, 0.3) is 0 Å². The van der Waals surface area contributed by atoms with Crippen molar-refractivity contribution in [3.8, 4) is 0 Å². The standard InChI is InChI=1S/C14H18N6/c1-3-6-16-12-11-13(19-14(15)18-12)20(8-17-11)10-5-4-9(2)7-10/h3-5,8-10H,1,6-7H2,2H3,(H3,15,16,18,19)/t9-,10+/m0/s1. The van der Waals surface area contributed by atoms with E-state index in [1.807, 2.05) is 6.33 Å². The molecule has 2 atom stereocenters. The lowest BCUT2D eigenvalue weighted by molar-refractivity contribution is 0.536. The Hall–Kier alpha value is -2.37. The van der Waals surface area contributed by atoms with Crippen molar-refractivity contribution in [3.05, 3.63) is 31.1 Å². The number of imidazole rings is 1. The molecule has 0 saturated carbocycles. The van der Waals surface area contributed by atoms with Crippen LogP contribution in [-0.4, -0.2) is 26.1 Å². The lowest BCUT2D eigenvalue weighted by atomic mass is 10.1. The molecule has 3 N–H and O–H groups in total. The van der Waals surface area contributed by atoms with Crippen LogP contribution in [0.4, 0.5) is 11.8 Å². The molecule has 2 aromatic heterocycles. The third-order valence-electron chi connectivity index (χ3n) is 3.48. The maximum atomic E-state index is 5.80. The number of hydrogen-bond donors (Lipinski definition) is 2. The van der Waals surface area contributed by atoms with E-state index in [-0.39, 0.29) is 12.0 Å². The van der Waals surface area contributed by atoms with Gasteiger partial charge in [-0.25, -0.2) is 4.98 Å². The van der Waals surface area contributed by atoms with Crippen LogP contribution >= 0.6 is 0 Å². The van der Waals surface area contributed by atoms with Gasteiger partial charge in [0.15, 0.2) is 17.0 Å². The average molecular weight is 270 g/mol. The predicted molar refractivity (Wildman–Crippen MR) is 80.4 cm³/mol. The Balaban J connectivity index is 2.05. The van der Waals surface area contributed by atoms with Crippen LogP contribution in [0.2, 0.25) is 0 Å². The predicted octanol–water partition coefficient (Wildman–Crippen LogP) is 2.14. The number of nitrogens with zero attached hydrogens (tertiary/aromatic N) is 4. The highest BCUT2D eigenvalue weighted by molar-refractivity contribution is 5.84. The molecule has 0 amide bonds. The first-order valence-electron chi connectivity index (χ1n) is 6.72. The zero-order chi connectivity index (χ0) is 14.1. The highest BCUT2D eigenvalue weighted by Crippen LogP contribution is 2.31. The van der Waals surface area contributed by atoms with E-state index in [0.717, 1.165) is 17.6 Å². The summed E-state index contributed by atoms with van der Waals surface area (Å²) in [4.78, 5) is 13.0. The Labute approximate surface area is 117 Å². The van der Waals surface area contributed by atoms with E-state index in [2.05, 4.69) is 50.5 Å². The summed E-state index contributed by atoms with van der Waals surface area (Å²) in [6, 6.07) is 0.288. The van der Waals surface area contributed by atoms with Crippen molar-refractivity contribution < 1.29 is 0 Å². The third kappa shape index (κ3) is 2.13. The summed E-state index contributed by atoms with van der Waals surface area (Å²) < 4.78 is 2.06. The van der Waals surface area contributed by atoms with Crippen molar-refractivity contribution in [2.45, 2.75) is 19.4 Å². The first-order chi connectivity index (χ1) is 9.69. The smallest absolute Gasteiger partial charge is 0.224 e. The molecule has 20 heavy (non-hydrogen) atoms. The van der Waals surface area contributed by atoms with Gasteiger partial charge in [0.1, 0.15) is 0 Å². The first-order valence-corrected chi connectivity index (χ1v) is 6.72. The van der Waals surface area contributed by atoms with E-state index in [4.69, 9.17) is 5.73 Å². The van der Waals surface area contributed by atoms with Gasteiger partial charge in [-0.05, 0) is 12.3 Å². The van der Waals surface area contributed by atoms with Crippen LogP contribution in [0.5, 0.6) is 0 Å². The minimum absolute atomic E-state index is 0.251. The number of aromatic nitrogens is 4. The zero-order valence-corrected chi connectivity index (χ0v) is 11.5. The Bertz CT molecular complexity index is 672. The monoisotopic (exact) mass is 270 g/mol. The van der Waals surface area contributed by atoms with E-state index in [1.165, 1.54) is 0 Å².